The molecule has 0 aliphatic heterocycles. The highest BCUT2D eigenvalue weighted by atomic mass is 16.6. The lowest BCUT2D eigenvalue weighted by atomic mass is 10.1. The summed E-state index contributed by atoms with van der Waals surface area (Å²) in [7, 11) is 0. The number of nitrogens with one attached hydrogen (secondary N) is 1. The minimum absolute atomic E-state index is 0.0608. The van der Waals surface area contributed by atoms with Crippen molar-refractivity contribution in [1.29, 1.82) is 0 Å². The van der Waals surface area contributed by atoms with Gasteiger partial charge >= 0.3 is 0 Å². The summed E-state index contributed by atoms with van der Waals surface area (Å²) in [5, 5.41) is 13.9. The molecule has 0 spiro atoms. The van der Waals surface area contributed by atoms with Crippen molar-refractivity contribution in [1.82, 2.24) is 9.97 Å². The molecule has 1 aromatic heterocycles. The zero-order chi connectivity index (χ0) is 15.4. The third kappa shape index (κ3) is 3.53. The van der Waals surface area contributed by atoms with E-state index in [2.05, 4.69) is 29.1 Å². The van der Waals surface area contributed by atoms with Crippen molar-refractivity contribution in [3.8, 4) is 11.4 Å². The fourth-order valence-electron chi connectivity index (χ4n) is 1.89. The van der Waals surface area contributed by atoms with Gasteiger partial charge in [-0.1, -0.05) is 13.8 Å². The molecule has 0 radical (unpaired) electrons. The first-order valence-electron chi connectivity index (χ1n) is 6.89. The molecule has 0 saturated carbocycles. The summed E-state index contributed by atoms with van der Waals surface area (Å²) in [6.45, 7) is 6.91. The Bertz CT molecular complexity index is 639. The van der Waals surface area contributed by atoms with E-state index in [1.54, 1.807) is 12.1 Å². The number of non-ortho nitro benzene ring substituents is 1. The third-order valence-electron chi connectivity index (χ3n) is 3.03. The maximum Gasteiger partial charge on any atom is 0.269 e. The van der Waals surface area contributed by atoms with E-state index in [0.29, 0.717) is 5.82 Å². The molecular weight excluding hydrogens is 268 g/mol. The van der Waals surface area contributed by atoms with E-state index in [-0.39, 0.29) is 11.6 Å². The normalized spacial score (nSPS) is 10.7. The van der Waals surface area contributed by atoms with Gasteiger partial charge in [0.1, 0.15) is 5.82 Å². The summed E-state index contributed by atoms with van der Waals surface area (Å²) < 4.78 is 0. The summed E-state index contributed by atoms with van der Waals surface area (Å²) >= 11 is 0. The number of hydrogen-bond donors (Lipinski definition) is 1. The van der Waals surface area contributed by atoms with E-state index in [1.165, 1.54) is 12.1 Å². The highest BCUT2D eigenvalue weighted by Crippen LogP contribution is 2.23. The number of rotatable bonds is 5. The van der Waals surface area contributed by atoms with Crippen LogP contribution in [0.25, 0.3) is 11.4 Å². The number of nitrogens with zero attached hydrogens (tertiary/aromatic N) is 3. The molecule has 0 bridgehead atoms. The van der Waals surface area contributed by atoms with Gasteiger partial charge in [-0.15, -0.1) is 0 Å². The Morgan fingerprint density at radius 3 is 2.43 bits per heavy atom. The lowest BCUT2D eigenvalue weighted by molar-refractivity contribution is -0.384. The molecule has 21 heavy (non-hydrogen) atoms. The average Bonchev–Trinajstić information content (AvgIpc) is 2.47. The van der Waals surface area contributed by atoms with Gasteiger partial charge in [-0.05, 0) is 25.0 Å². The Hall–Kier alpha value is -2.50. The highest BCUT2D eigenvalue weighted by molar-refractivity contribution is 5.59. The largest absolute Gasteiger partial charge is 0.370 e. The molecule has 110 valence electrons. The lowest BCUT2D eigenvalue weighted by Gasteiger charge is -2.11. The molecule has 0 amide bonds. The number of hydrogen-bond acceptors (Lipinski definition) is 5. The second-order valence-corrected chi connectivity index (χ2v) is 4.99. The zero-order valence-electron chi connectivity index (χ0n) is 12.3. The lowest BCUT2D eigenvalue weighted by Crippen LogP contribution is -2.05. The summed E-state index contributed by atoms with van der Waals surface area (Å²) in [4.78, 5) is 19.3. The van der Waals surface area contributed by atoms with Gasteiger partial charge in [-0.3, -0.25) is 10.1 Å². The predicted octanol–water partition coefficient (Wildman–Crippen LogP) is 3.61. The maximum atomic E-state index is 10.7. The van der Waals surface area contributed by atoms with Crippen molar-refractivity contribution in [2.45, 2.75) is 26.7 Å². The molecule has 1 N–H and O–H groups in total. The van der Waals surface area contributed by atoms with E-state index in [9.17, 15) is 10.1 Å². The van der Waals surface area contributed by atoms with Crippen LogP contribution in [0.4, 0.5) is 11.5 Å². The summed E-state index contributed by atoms with van der Waals surface area (Å²) in [5.74, 6) is 1.62. The number of nitro benzene ring substituents is 1. The van der Waals surface area contributed by atoms with Crippen molar-refractivity contribution < 1.29 is 4.92 Å². The number of benzene rings is 1. The quantitative estimate of drug-likeness (QED) is 0.670. The van der Waals surface area contributed by atoms with Gasteiger partial charge in [0.25, 0.3) is 5.69 Å². The van der Waals surface area contributed by atoms with Crippen LogP contribution in [0.2, 0.25) is 0 Å². The van der Waals surface area contributed by atoms with Crippen LogP contribution >= 0.6 is 0 Å². The molecule has 0 atom stereocenters. The van der Waals surface area contributed by atoms with Crippen LogP contribution in [-0.2, 0) is 0 Å². The van der Waals surface area contributed by atoms with Gasteiger partial charge in [0.2, 0.25) is 0 Å². The van der Waals surface area contributed by atoms with Crippen molar-refractivity contribution in [3.63, 3.8) is 0 Å². The molecule has 0 fully saturated rings. The topological polar surface area (TPSA) is 81.0 Å². The van der Waals surface area contributed by atoms with E-state index < -0.39 is 4.92 Å². The van der Waals surface area contributed by atoms with Crippen molar-refractivity contribution in [3.05, 3.63) is 46.1 Å². The minimum Gasteiger partial charge on any atom is -0.370 e. The third-order valence-corrected chi connectivity index (χ3v) is 3.03. The van der Waals surface area contributed by atoms with Gasteiger partial charge in [0.15, 0.2) is 5.82 Å². The fraction of sp³-hybridized carbons (Fsp3) is 0.333. The second kappa shape index (κ2) is 6.30. The van der Waals surface area contributed by atoms with Crippen LogP contribution < -0.4 is 5.32 Å². The molecule has 6 nitrogen and oxygen atoms in total. The predicted molar refractivity (Wildman–Crippen MR) is 82.4 cm³/mol. The minimum atomic E-state index is -0.417. The average molecular weight is 286 g/mol. The standard InChI is InChI=1S/C15H18N4O2/c1-4-16-14-9-13(10(2)3)17-15(18-14)11-5-7-12(8-6-11)19(20)21/h5-10H,4H2,1-3H3,(H,16,17,18). The van der Waals surface area contributed by atoms with Crippen LogP contribution in [-0.4, -0.2) is 21.4 Å². The monoisotopic (exact) mass is 286 g/mol. The van der Waals surface area contributed by atoms with Crippen LogP contribution in [0.5, 0.6) is 0 Å². The maximum absolute atomic E-state index is 10.7. The molecule has 0 aliphatic carbocycles. The Labute approximate surface area is 123 Å². The number of nitro groups is 1. The van der Waals surface area contributed by atoms with Crippen LogP contribution in [0.1, 0.15) is 32.4 Å². The van der Waals surface area contributed by atoms with E-state index in [1.807, 2.05) is 13.0 Å². The van der Waals surface area contributed by atoms with E-state index in [0.717, 1.165) is 23.6 Å². The van der Waals surface area contributed by atoms with Gasteiger partial charge in [-0.25, -0.2) is 9.97 Å². The molecule has 1 heterocycles. The summed E-state index contributed by atoms with van der Waals surface area (Å²) in [6, 6.07) is 8.21. The van der Waals surface area contributed by atoms with Crippen molar-refractivity contribution in [2.24, 2.45) is 0 Å². The number of aromatic nitrogens is 2. The second-order valence-electron chi connectivity index (χ2n) is 4.99. The van der Waals surface area contributed by atoms with Crippen molar-refractivity contribution in [2.75, 3.05) is 11.9 Å². The fourth-order valence-corrected chi connectivity index (χ4v) is 1.89. The van der Waals surface area contributed by atoms with E-state index in [4.69, 9.17) is 0 Å². The Balaban J connectivity index is 2.43. The molecular formula is C15H18N4O2. The Morgan fingerprint density at radius 2 is 1.90 bits per heavy atom. The van der Waals surface area contributed by atoms with Gasteiger partial charge in [0, 0.05) is 36.0 Å². The first-order valence-corrected chi connectivity index (χ1v) is 6.89. The van der Waals surface area contributed by atoms with Gasteiger partial charge < -0.3 is 5.32 Å². The van der Waals surface area contributed by atoms with Crippen LogP contribution in [0.3, 0.4) is 0 Å². The number of anilines is 1. The highest BCUT2D eigenvalue weighted by Gasteiger charge is 2.11. The van der Waals surface area contributed by atoms with E-state index >= 15 is 0 Å². The smallest absolute Gasteiger partial charge is 0.269 e. The van der Waals surface area contributed by atoms with Crippen LogP contribution in [0.15, 0.2) is 30.3 Å². The van der Waals surface area contributed by atoms with Gasteiger partial charge in [-0.2, -0.15) is 0 Å². The molecule has 0 saturated heterocycles. The van der Waals surface area contributed by atoms with Crippen molar-refractivity contribution >= 4 is 11.5 Å². The summed E-state index contributed by atoms with van der Waals surface area (Å²) in [5.41, 5.74) is 1.77. The molecule has 2 rings (SSSR count). The zero-order valence-corrected chi connectivity index (χ0v) is 12.3. The van der Waals surface area contributed by atoms with Crippen LogP contribution in [0, 0.1) is 10.1 Å². The molecule has 2 aromatic rings. The first-order chi connectivity index (χ1) is 10.0. The molecule has 0 unspecified atom stereocenters. The molecule has 6 heteroatoms. The molecule has 1 aromatic carbocycles. The summed E-state index contributed by atoms with van der Waals surface area (Å²) in [6.07, 6.45) is 0. The SMILES string of the molecule is CCNc1cc(C(C)C)nc(-c2ccc([N+](=O)[O-])cc2)n1. The Morgan fingerprint density at radius 1 is 1.24 bits per heavy atom. The Kier molecular flexibility index (Phi) is 4.47. The first kappa shape index (κ1) is 14.9. The van der Waals surface area contributed by atoms with Gasteiger partial charge in [0.05, 0.1) is 4.92 Å². The molecule has 0 aliphatic rings.